The number of benzene rings is 3. The minimum Gasteiger partial charge on any atom is -0.497 e. The van der Waals surface area contributed by atoms with E-state index < -0.39 is 0 Å². The summed E-state index contributed by atoms with van der Waals surface area (Å²) in [5.74, 6) is 0.878. The largest absolute Gasteiger partial charge is 0.497 e. The number of aryl methyl sites for hydroxylation is 1. The molecule has 0 aliphatic rings. The monoisotopic (exact) mass is 389 g/mol. The number of hydrogen-bond donors (Lipinski definition) is 1. The lowest BCUT2D eigenvalue weighted by molar-refractivity contribution is -0.121. The van der Waals surface area contributed by atoms with E-state index >= 15 is 0 Å². The smallest absolute Gasteiger partial charge is 0.220 e. The van der Waals surface area contributed by atoms with E-state index in [0.29, 0.717) is 32.6 Å². The molecule has 1 N–H and O–H groups in total. The Balaban J connectivity index is 1.36. The zero-order valence-electron chi connectivity index (χ0n) is 16.8. The maximum Gasteiger partial charge on any atom is 0.220 e. The van der Waals surface area contributed by atoms with Crippen molar-refractivity contribution in [2.45, 2.75) is 32.6 Å². The standard InChI is InChI=1S/C25H27NO3/c1-28-24-14-11-20(12-15-24)13-16-25(27)26-17-21-7-9-23(10-8-21)19-29-18-22-5-3-2-4-6-22/h2-12,14-15H,13,16-19H2,1H3,(H,26,27). The van der Waals surface area contributed by atoms with E-state index in [1.807, 2.05) is 66.7 Å². The second kappa shape index (κ2) is 11.0. The molecular weight excluding hydrogens is 362 g/mol. The summed E-state index contributed by atoms with van der Waals surface area (Å²) in [5, 5.41) is 2.98. The highest BCUT2D eigenvalue weighted by Crippen LogP contribution is 2.13. The molecule has 3 aromatic rings. The fourth-order valence-electron chi connectivity index (χ4n) is 2.95. The Morgan fingerprint density at radius 2 is 1.34 bits per heavy atom. The van der Waals surface area contributed by atoms with Crippen molar-refractivity contribution in [3.8, 4) is 5.75 Å². The predicted molar refractivity (Wildman–Crippen MR) is 115 cm³/mol. The molecule has 0 radical (unpaired) electrons. The molecule has 0 aliphatic carbocycles. The van der Waals surface area contributed by atoms with E-state index in [1.54, 1.807) is 7.11 Å². The van der Waals surface area contributed by atoms with Crippen LogP contribution in [-0.2, 0) is 35.7 Å². The lowest BCUT2D eigenvalue weighted by atomic mass is 10.1. The molecule has 0 aromatic heterocycles. The van der Waals surface area contributed by atoms with E-state index in [2.05, 4.69) is 17.4 Å². The van der Waals surface area contributed by atoms with Crippen LogP contribution in [0.25, 0.3) is 0 Å². The molecule has 3 aromatic carbocycles. The maximum absolute atomic E-state index is 12.1. The Morgan fingerprint density at radius 1 is 0.759 bits per heavy atom. The van der Waals surface area contributed by atoms with Gasteiger partial charge in [-0.05, 0) is 40.8 Å². The molecule has 1 amide bonds. The van der Waals surface area contributed by atoms with Crippen LogP contribution in [0.1, 0.15) is 28.7 Å². The average molecular weight is 389 g/mol. The van der Waals surface area contributed by atoms with Gasteiger partial charge in [-0.1, -0.05) is 66.7 Å². The maximum atomic E-state index is 12.1. The Hall–Kier alpha value is -3.11. The van der Waals surface area contributed by atoms with Gasteiger partial charge in [0, 0.05) is 13.0 Å². The van der Waals surface area contributed by atoms with Gasteiger partial charge >= 0.3 is 0 Å². The van der Waals surface area contributed by atoms with Crippen LogP contribution >= 0.6 is 0 Å². The van der Waals surface area contributed by atoms with Gasteiger partial charge in [0.15, 0.2) is 0 Å². The Morgan fingerprint density at radius 3 is 2.00 bits per heavy atom. The highest BCUT2D eigenvalue weighted by Gasteiger charge is 2.03. The molecule has 0 heterocycles. The van der Waals surface area contributed by atoms with Gasteiger partial charge in [0.05, 0.1) is 20.3 Å². The van der Waals surface area contributed by atoms with Gasteiger partial charge in [-0.3, -0.25) is 4.79 Å². The average Bonchev–Trinajstić information content (AvgIpc) is 2.78. The molecule has 0 spiro atoms. The van der Waals surface area contributed by atoms with Gasteiger partial charge in [-0.25, -0.2) is 0 Å². The zero-order chi connectivity index (χ0) is 20.3. The second-order valence-corrected chi connectivity index (χ2v) is 6.92. The molecule has 0 saturated heterocycles. The third-order valence-corrected chi connectivity index (χ3v) is 4.69. The molecule has 0 saturated carbocycles. The molecule has 150 valence electrons. The summed E-state index contributed by atoms with van der Waals surface area (Å²) in [4.78, 5) is 12.1. The number of methoxy groups -OCH3 is 1. The first-order valence-corrected chi connectivity index (χ1v) is 9.82. The molecule has 4 nitrogen and oxygen atoms in total. The van der Waals surface area contributed by atoms with E-state index in [1.165, 1.54) is 5.56 Å². The molecule has 0 fully saturated rings. The summed E-state index contributed by atoms with van der Waals surface area (Å²) < 4.78 is 10.9. The number of nitrogens with one attached hydrogen (secondary N) is 1. The van der Waals surface area contributed by atoms with Crippen molar-refractivity contribution in [1.82, 2.24) is 5.32 Å². The first kappa shape index (κ1) is 20.6. The molecular formula is C25H27NO3. The lowest BCUT2D eigenvalue weighted by Gasteiger charge is -2.08. The second-order valence-electron chi connectivity index (χ2n) is 6.92. The third kappa shape index (κ3) is 7.09. The SMILES string of the molecule is COc1ccc(CCC(=O)NCc2ccc(COCc3ccccc3)cc2)cc1. The van der Waals surface area contributed by atoms with Crippen molar-refractivity contribution in [2.75, 3.05) is 7.11 Å². The van der Waals surface area contributed by atoms with Gasteiger partial charge in [0.25, 0.3) is 0 Å². The molecule has 4 heteroatoms. The van der Waals surface area contributed by atoms with Crippen LogP contribution < -0.4 is 10.1 Å². The van der Waals surface area contributed by atoms with Crippen LogP contribution in [0.2, 0.25) is 0 Å². The fourth-order valence-corrected chi connectivity index (χ4v) is 2.95. The fraction of sp³-hybridized carbons (Fsp3) is 0.240. The highest BCUT2D eigenvalue weighted by atomic mass is 16.5. The van der Waals surface area contributed by atoms with Gasteiger partial charge in [-0.2, -0.15) is 0 Å². The minimum atomic E-state index is 0.0519. The number of amides is 1. The predicted octanol–water partition coefficient (Wildman–Crippen LogP) is 4.66. The van der Waals surface area contributed by atoms with Crippen LogP contribution in [0.3, 0.4) is 0 Å². The van der Waals surface area contributed by atoms with Gasteiger partial charge < -0.3 is 14.8 Å². The van der Waals surface area contributed by atoms with E-state index in [-0.39, 0.29) is 5.91 Å². The van der Waals surface area contributed by atoms with E-state index in [0.717, 1.165) is 22.4 Å². The van der Waals surface area contributed by atoms with Crippen molar-refractivity contribution in [3.63, 3.8) is 0 Å². The van der Waals surface area contributed by atoms with Crippen molar-refractivity contribution in [3.05, 3.63) is 101 Å². The molecule has 3 rings (SSSR count). The number of ether oxygens (including phenoxy) is 2. The quantitative estimate of drug-likeness (QED) is 0.549. The van der Waals surface area contributed by atoms with Crippen LogP contribution in [0.5, 0.6) is 5.75 Å². The van der Waals surface area contributed by atoms with Crippen molar-refractivity contribution in [1.29, 1.82) is 0 Å². The normalized spacial score (nSPS) is 10.5. The van der Waals surface area contributed by atoms with Crippen LogP contribution in [0, 0.1) is 0 Å². The summed E-state index contributed by atoms with van der Waals surface area (Å²) in [5.41, 5.74) is 4.49. The van der Waals surface area contributed by atoms with Gasteiger partial charge in [0.2, 0.25) is 5.91 Å². The summed E-state index contributed by atoms with van der Waals surface area (Å²) in [6.07, 6.45) is 1.19. The number of carbonyl (C=O) groups is 1. The van der Waals surface area contributed by atoms with Crippen molar-refractivity contribution < 1.29 is 14.3 Å². The number of carbonyl (C=O) groups excluding carboxylic acids is 1. The minimum absolute atomic E-state index is 0.0519. The summed E-state index contributed by atoms with van der Waals surface area (Å²) in [7, 11) is 1.65. The number of hydrogen-bond acceptors (Lipinski definition) is 3. The van der Waals surface area contributed by atoms with Crippen molar-refractivity contribution in [2.24, 2.45) is 0 Å². The lowest BCUT2D eigenvalue weighted by Crippen LogP contribution is -2.22. The van der Waals surface area contributed by atoms with Crippen LogP contribution in [-0.4, -0.2) is 13.0 Å². The van der Waals surface area contributed by atoms with E-state index in [9.17, 15) is 4.79 Å². The first-order chi connectivity index (χ1) is 14.2. The molecule has 0 atom stereocenters. The summed E-state index contributed by atoms with van der Waals surface area (Å²) >= 11 is 0. The van der Waals surface area contributed by atoms with E-state index in [4.69, 9.17) is 9.47 Å². The van der Waals surface area contributed by atoms with Gasteiger partial charge in [0.1, 0.15) is 5.75 Å². The zero-order valence-corrected chi connectivity index (χ0v) is 16.8. The summed E-state index contributed by atoms with van der Waals surface area (Å²) in [6.45, 7) is 1.71. The number of rotatable bonds is 10. The third-order valence-electron chi connectivity index (χ3n) is 4.69. The molecule has 29 heavy (non-hydrogen) atoms. The first-order valence-electron chi connectivity index (χ1n) is 9.82. The van der Waals surface area contributed by atoms with Crippen LogP contribution in [0.15, 0.2) is 78.9 Å². The Bertz CT molecular complexity index is 874. The van der Waals surface area contributed by atoms with Crippen molar-refractivity contribution >= 4 is 5.91 Å². The van der Waals surface area contributed by atoms with Gasteiger partial charge in [-0.15, -0.1) is 0 Å². The highest BCUT2D eigenvalue weighted by molar-refractivity contribution is 5.76. The summed E-state index contributed by atoms with van der Waals surface area (Å²) in [6, 6.07) is 26.1. The Labute approximate surface area is 172 Å². The molecule has 0 bridgehead atoms. The van der Waals surface area contributed by atoms with Crippen LogP contribution in [0.4, 0.5) is 0 Å². The topological polar surface area (TPSA) is 47.6 Å². The Kier molecular flexibility index (Phi) is 7.84. The molecule has 0 unspecified atom stereocenters. The molecule has 0 aliphatic heterocycles.